The average Bonchev–Trinajstić information content (AvgIpc) is 3.07. The zero-order valence-electron chi connectivity index (χ0n) is 14.8. The average molecular weight is 329 g/mol. The number of aromatic nitrogens is 3. The second-order valence-electron chi connectivity index (χ2n) is 7.03. The molecule has 0 saturated carbocycles. The molecule has 1 aliphatic heterocycles. The van der Waals surface area contributed by atoms with E-state index in [1.54, 1.807) is 6.20 Å². The Hall–Kier alpha value is -1.79. The Morgan fingerprint density at radius 2 is 2.04 bits per heavy atom. The van der Waals surface area contributed by atoms with Gasteiger partial charge in [-0.25, -0.2) is 0 Å². The molecule has 0 spiro atoms. The van der Waals surface area contributed by atoms with Gasteiger partial charge in [-0.2, -0.15) is 4.98 Å². The summed E-state index contributed by atoms with van der Waals surface area (Å²) in [5.74, 6) is 1.91. The highest BCUT2D eigenvalue weighted by Gasteiger charge is 2.23. The fraction of sp³-hybridized carbons (Fsp3) is 0.611. The number of nitrogens with zero attached hydrogens (tertiary/aromatic N) is 4. The maximum atomic E-state index is 5.42. The lowest BCUT2D eigenvalue weighted by molar-refractivity contribution is 0.171. The highest BCUT2D eigenvalue weighted by Crippen LogP contribution is 2.19. The molecular weight excluding hydrogens is 302 g/mol. The summed E-state index contributed by atoms with van der Waals surface area (Å²) in [4.78, 5) is 11.3. The number of likely N-dealkylation sites (tertiary alicyclic amines) is 1. The fourth-order valence-electron chi connectivity index (χ4n) is 3.23. The van der Waals surface area contributed by atoms with Crippen molar-refractivity contribution in [1.29, 1.82) is 0 Å². The molecule has 6 heteroatoms. The van der Waals surface area contributed by atoms with Gasteiger partial charge in [0.25, 0.3) is 0 Å². The predicted octanol–water partition coefficient (Wildman–Crippen LogP) is 2.90. The van der Waals surface area contributed by atoms with E-state index in [0.29, 0.717) is 17.8 Å². The van der Waals surface area contributed by atoms with Crippen LogP contribution in [-0.2, 0) is 0 Å². The Bertz CT molecular complexity index is 619. The molecule has 1 saturated heterocycles. The first kappa shape index (κ1) is 17.0. The lowest BCUT2D eigenvalue weighted by atomic mass is 10.0. The van der Waals surface area contributed by atoms with E-state index in [1.807, 2.05) is 18.2 Å². The number of nitrogens with one attached hydrogen (secondary N) is 1. The van der Waals surface area contributed by atoms with Crippen LogP contribution in [0.4, 0.5) is 0 Å². The van der Waals surface area contributed by atoms with Crippen molar-refractivity contribution >= 4 is 0 Å². The molecule has 3 rings (SSSR count). The molecule has 6 nitrogen and oxygen atoms in total. The third-order valence-corrected chi connectivity index (χ3v) is 4.40. The molecule has 2 aromatic rings. The topological polar surface area (TPSA) is 67.1 Å². The van der Waals surface area contributed by atoms with E-state index >= 15 is 0 Å². The van der Waals surface area contributed by atoms with E-state index in [9.17, 15) is 0 Å². The normalized spacial score (nSPS) is 18.2. The third-order valence-electron chi connectivity index (χ3n) is 4.40. The Labute approximate surface area is 143 Å². The summed E-state index contributed by atoms with van der Waals surface area (Å²) in [5.41, 5.74) is 0.738. The molecule has 3 heterocycles. The van der Waals surface area contributed by atoms with Crippen LogP contribution in [0, 0.1) is 5.92 Å². The van der Waals surface area contributed by atoms with Gasteiger partial charge in [0.05, 0.1) is 6.04 Å². The molecule has 0 aromatic carbocycles. The Balaban J connectivity index is 1.53. The highest BCUT2D eigenvalue weighted by molar-refractivity contribution is 5.47. The quantitative estimate of drug-likeness (QED) is 0.879. The van der Waals surface area contributed by atoms with Crippen LogP contribution in [-0.4, -0.2) is 45.7 Å². The van der Waals surface area contributed by atoms with Crippen LogP contribution in [0.2, 0.25) is 0 Å². The van der Waals surface area contributed by atoms with Crippen molar-refractivity contribution < 1.29 is 4.52 Å². The lowest BCUT2D eigenvalue weighted by Gasteiger charge is -2.34. The van der Waals surface area contributed by atoms with Gasteiger partial charge in [-0.15, -0.1) is 0 Å². The van der Waals surface area contributed by atoms with E-state index in [1.165, 1.54) is 6.54 Å². The van der Waals surface area contributed by atoms with Crippen LogP contribution in [0.1, 0.15) is 45.5 Å². The first-order chi connectivity index (χ1) is 11.6. The van der Waals surface area contributed by atoms with E-state index in [0.717, 1.165) is 37.5 Å². The van der Waals surface area contributed by atoms with E-state index < -0.39 is 0 Å². The van der Waals surface area contributed by atoms with Crippen LogP contribution in [0.25, 0.3) is 11.5 Å². The van der Waals surface area contributed by atoms with Gasteiger partial charge in [0.1, 0.15) is 5.69 Å². The van der Waals surface area contributed by atoms with E-state index in [2.05, 4.69) is 46.1 Å². The summed E-state index contributed by atoms with van der Waals surface area (Å²) in [7, 11) is 0. The minimum absolute atomic E-state index is 0.0524. The van der Waals surface area contributed by atoms with Gasteiger partial charge in [-0.1, -0.05) is 25.1 Å². The second-order valence-corrected chi connectivity index (χ2v) is 7.03. The van der Waals surface area contributed by atoms with Gasteiger partial charge >= 0.3 is 0 Å². The monoisotopic (exact) mass is 329 g/mol. The summed E-state index contributed by atoms with van der Waals surface area (Å²) >= 11 is 0. The van der Waals surface area contributed by atoms with Gasteiger partial charge < -0.3 is 14.7 Å². The molecule has 1 aliphatic rings. The molecule has 1 fully saturated rings. The van der Waals surface area contributed by atoms with Crippen molar-refractivity contribution in [2.45, 2.75) is 45.7 Å². The maximum Gasteiger partial charge on any atom is 0.243 e. The Morgan fingerprint density at radius 3 is 2.71 bits per heavy atom. The zero-order chi connectivity index (χ0) is 16.9. The first-order valence-electron chi connectivity index (χ1n) is 8.85. The predicted molar refractivity (Wildman–Crippen MR) is 93.4 cm³/mol. The largest absolute Gasteiger partial charge is 0.337 e. The molecule has 0 aliphatic carbocycles. The minimum Gasteiger partial charge on any atom is -0.337 e. The molecule has 0 amide bonds. The molecule has 2 aromatic heterocycles. The number of hydrogen-bond acceptors (Lipinski definition) is 6. The molecule has 1 atom stereocenters. The molecule has 0 unspecified atom stereocenters. The van der Waals surface area contributed by atoms with Gasteiger partial charge in [0, 0.05) is 18.8 Å². The van der Waals surface area contributed by atoms with Crippen molar-refractivity contribution in [3.05, 3.63) is 30.3 Å². The SMILES string of the molecule is CC(C)CN1CCC(N[C@@H](C)c2nc(-c3ccccn3)no2)CC1. The van der Waals surface area contributed by atoms with Crippen molar-refractivity contribution in [3.8, 4) is 11.5 Å². The van der Waals surface area contributed by atoms with Crippen LogP contribution < -0.4 is 5.32 Å². The standard InChI is InChI=1S/C18H27N5O/c1-13(2)12-23-10-7-15(8-11-23)20-14(3)18-21-17(22-24-18)16-6-4-5-9-19-16/h4-6,9,13-15,20H,7-8,10-12H2,1-3H3/t14-/m0/s1. The minimum atomic E-state index is 0.0524. The number of pyridine rings is 1. The van der Waals surface area contributed by atoms with Gasteiger partial charge in [0.2, 0.25) is 11.7 Å². The van der Waals surface area contributed by atoms with Crippen LogP contribution in [0.5, 0.6) is 0 Å². The lowest BCUT2D eigenvalue weighted by Crippen LogP contribution is -2.44. The maximum absolute atomic E-state index is 5.42. The summed E-state index contributed by atoms with van der Waals surface area (Å²) in [6, 6.07) is 6.24. The molecule has 130 valence electrons. The van der Waals surface area contributed by atoms with Gasteiger partial charge in [0.15, 0.2) is 0 Å². The smallest absolute Gasteiger partial charge is 0.243 e. The Morgan fingerprint density at radius 1 is 1.25 bits per heavy atom. The van der Waals surface area contributed by atoms with E-state index in [4.69, 9.17) is 4.52 Å². The first-order valence-corrected chi connectivity index (χ1v) is 8.85. The van der Waals surface area contributed by atoms with E-state index in [-0.39, 0.29) is 6.04 Å². The van der Waals surface area contributed by atoms with Crippen LogP contribution >= 0.6 is 0 Å². The summed E-state index contributed by atoms with van der Waals surface area (Å²) in [6.07, 6.45) is 4.06. The second kappa shape index (κ2) is 7.85. The summed E-state index contributed by atoms with van der Waals surface area (Å²) < 4.78 is 5.42. The molecule has 0 bridgehead atoms. The summed E-state index contributed by atoms with van der Waals surface area (Å²) in [6.45, 7) is 10.1. The Kier molecular flexibility index (Phi) is 5.58. The molecular formula is C18H27N5O. The zero-order valence-corrected chi connectivity index (χ0v) is 14.8. The molecule has 24 heavy (non-hydrogen) atoms. The van der Waals surface area contributed by atoms with Gasteiger partial charge in [-0.3, -0.25) is 4.98 Å². The van der Waals surface area contributed by atoms with Crippen LogP contribution in [0.15, 0.2) is 28.9 Å². The van der Waals surface area contributed by atoms with Crippen molar-refractivity contribution in [2.75, 3.05) is 19.6 Å². The van der Waals surface area contributed by atoms with Crippen molar-refractivity contribution in [1.82, 2.24) is 25.3 Å². The van der Waals surface area contributed by atoms with Gasteiger partial charge in [-0.05, 0) is 50.9 Å². The third kappa shape index (κ3) is 4.39. The summed E-state index contributed by atoms with van der Waals surface area (Å²) in [5, 5.41) is 7.68. The van der Waals surface area contributed by atoms with Crippen molar-refractivity contribution in [3.63, 3.8) is 0 Å². The molecule has 1 N–H and O–H groups in total. The fourth-order valence-corrected chi connectivity index (χ4v) is 3.23. The highest BCUT2D eigenvalue weighted by atomic mass is 16.5. The van der Waals surface area contributed by atoms with Crippen LogP contribution in [0.3, 0.4) is 0 Å². The number of piperidine rings is 1. The number of rotatable bonds is 6. The molecule has 0 radical (unpaired) electrons. The van der Waals surface area contributed by atoms with Crippen molar-refractivity contribution in [2.24, 2.45) is 5.92 Å². The number of hydrogen-bond donors (Lipinski definition) is 1.